The maximum absolute atomic E-state index is 13.3. The van der Waals surface area contributed by atoms with E-state index in [1.54, 1.807) is 12.1 Å². The summed E-state index contributed by atoms with van der Waals surface area (Å²) in [5.74, 6) is -1.27. The SMILES string of the molecule is O=S(=O)(Nc1cccc(Cl)c1)c1ccc(O)c(NS(=O)(=O)c2cccc(F)c2)c1. The van der Waals surface area contributed by atoms with E-state index >= 15 is 0 Å². The van der Waals surface area contributed by atoms with Crippen molar-refractivity contribution in [1.82, 2.24) is 0 Å². The third-order valence-corrected chi connectivity index (χ3v) is 6.68. The van der Waals surface area contributed by atoms with Crippen LogP contribution >= 0.6 is 11.6 Å². The van der Waals surface area contributed by atoms with Gasteiger partial charge in [-0.2, -0.15) is 0 Å². The number of rotatable bonds is 6. The average Bonchev–Trinajstić information content (AvgIpc) is 2.63. The standard InChI is InChI=1S/C18H14ClFN2O5S2/c19-12-3-1-5-14(9-12)21-28(24,25)16-7-8-18(23)17(11-16)22-29(26,27)15-6-2-4-13(20)10-15/h1-11,21-23H. The van der Waals surface area contributed by atoms with Gasteiger partial charge in [0.25, 0.3) is 20.0 Å². The Morgan fingerprint density at radius 2 is 1.45 bits per heavy atom. The van der Waals surface area contributed by atoms with Crippen molar-refractivity contribution in [3.05, 3.63) is 77.6 Å². The summed E-state index contributed by atoms with van der Waals surface area (Å²) in [4.78, 5) is -0.700. The van der Waals surface area contributed by atoms with Gasteiger partial charge in [0.2, 0.25) is 0 Å². The van der Waals surface area contributed by atoms with E-state index in [0.717, 1.165) is 36.4 Å². The molecular formula is C18H14ClFN2O5S2. The van der Waals surface area contributed by atoms with Gasteiger partial charge in [-0.1, -0.05) is 23.7 Å². The molecule has 11 heteroatoms. The normalized spacial score (nSPS) is 11.8. The highest BCUT2D eigenvalue weighted by atomic mass is 35.5. The Morgan fingerprint density at radius 1 is 0.793 bits per heavy atom. The van der Waals surface area contributed by atoms with Crippen molar-refractivity contribution in [2.24, 2.45) is 0 Å². The lowest BCUT2D eigenvalue weighted by Crippen LogP contribution is -2.16. The first kappa shape index (κ1) is 20.9. The van der Waals surface area contributed by atoms with Crippen LogP contribution in [-0.4, -0.2) is 21.9 Å². The molecule has 0 spiro atoms. The Balaban J connectivity index is 1.93. The fourth-order valence-corrected chi connectivity index (χ4v) is 4.73. The van der Waals surface area contributed by atoms with E-state index in [9.17, 15) is 26.3 Å². The lowest BCUT2D eigenvalue weighted by Gasteiger charge is -2.13. The molecule has 0 aromatic heterocycles. The van der Waals surface area contributed by atoms with Gasteiger partial charge >= 0.3 is 0 Å². The van der Waals surface area contributed by atoms with Crippen LogP contribution in [-0.2, 0) is 20.0 Å². The van der Waals surface area contributed by atoms with E-state index in [1.165, 1.54) is 18.2 Å². The second-order valence-electron chi connectivity index (χ2n) is 5.86. The van der Waals surface area contributed by atoms with Crippen molar-refractivity contribution in [2.45, 2.75) is 9.79 Å². The second kappa shape index (κ2) is 7.90. The second-order valence-corrected chi connectivity index (χ2v) is 9.66. The number of hydrogen-bond acceptors (Lipinski definition) is 5. The maximum Gasteiger partial charge on any atom is 0.262 e. The minimum absolute atomic E-state index is 0.201. The molecule has 0 aliphatic rings. The number of sulfonamides is 2. The van der Waals surface area contributed by atoms with Crippen LogP contribution in [0.2, 0.25) is 5.02 Å². The van der Waals surface area contributed by atoms with Crippen LogP contribution in [0, 0.1) is 5.82 Å². The summed E-state index contributed by atoms with van der Waals surface area (Å²) < 4.78 is 67.7. The van der Waals surface area contributed by atoms with Crippen molar-refractivity contribution in [3.63, 3.8) is 0 Å². The minimum atomic E-state index is -4.27. The van der Waals surface area contributed by atoms with E-state index in [4.69, 9.17) is 11.6 Å². The van der Waals surface area contributed by atoms with Crippen molar-refractivity contribution < 1.29 is 26.3 Å². The van der Waals surface area contributed by atoms with E-state index < -0.39 is 31.6 Å². The number of aromatic hydroxyl groups is 1. The fraction of sp³-hybridized carbons (Fsp3) is 0. The molecule has 0 unspecified atom stereocenters. The predicted molar refractivity (Wildman–Crippen MR) is 108 cm³/mol. The maximum atomic E-state index is 13.3. The quantitative estimate of drug-likeness (QED) is 0.488. The number of hydrogen-bond donors (Lipinski definition) is 3. The van der Waals surface area contributed by atoms with Gasteiger partial charge in [0, 0.05) is 5.02 Å². The van der Waals surface area contributed by atoms with Gasteiger partial charge in [0.05, 0.1) is 21.2 Å². The Kier molecular flexibility index (Phi) is 5.69. The zero-order chi connectivity index (χ0) is 21.2. The Hall–Kier alpha value is -2.82. The summed E-state index contributed by atoms with van der Waals surface area (Å²) >= 11 is 5.84. The number of nitrogens with one attached hydrogen (secondary N) is 2. The predicted octanol–water partition coefficient (Wildman–Crippen LogP) is 3.79. The number of phenolic OH excluding ortho intramolecular Hbond substituents is 1. The first-order valence-electron chi connectivity index (χ1n) is 7.97. The molecule has 7 nitrogen and oxygen atoms in total. The largest absolute Gasteiger partial charge is 0.506 e. The monoisotopic (exact) mass is 456 g/mol. The van der Waals surface area contributed by atoms with E-state index in [-0.39, 0.29) is 21.2 Å². The Bertz CT molecular complexity index is 1280. The molecule has 0 aliphatic heterocycles. The molecule has 3 N–H and O–H groups in total. The fourth-order valence-electron chi connectivity index (χ4n) is 2.37. The molecule has 0 aliphatic carbocycles. The summed E-state index contributed by atoms with van der Waals surface area (Å²) in [5, 5.41) is 10.3. The molecule has 0 fully saturated rings. The van der Waals surface area contributed by atoms with Gasteiger partial charge in [0.1, 0.15) is 11.6 Å². The summed E-state index contributed by atoms with van der Waals surface area (Å²) in [6, 6.07) is 13.3. The van der Waals surface area contributed by atoms with Crippen LogP contribution in [0.4, 0.5) is 15.8 Å². The highest BCUT2D eigenvalue weighted by Crippen LogP contribution is 2.30. The van der Waals surface area contributed by atoms with Crippen molar-refractivity contribution in [3.8, 4) is 5.75 Å². The van der Waals surface area contributed by atoms with Crippen LogP contribution in [0.5, 0.6) is 5.75 Å². The topological polar surface area (TPSA) is 113 Å². The van der Waals surface area contributed by atoms with Crippen molar-refractivity contribution in [2.75, 3.05) is 9.44 Å². The molecule has 0 atom stereocenters. The first-order valence-corrected chi connectivity index (χ1v) is 11.3. The van der Waals surface area contributed by atoms with Crippen LogP contribution in [0.15, 0.2) is 76.5 Å². The van der Waals surface area contributed by atoms with Gasteiger partial charge in [-0.3, -0.25) is 9.44 Å². The molecule has 0 heterocycles. The number of benzene rings is 3. The van der Waals surface area contributed by atoms with Crippen molar-refractivity contribution in [1.29, 1.82) is 0 Å². The highest BCUT2D eigenvalue weighted by molar-refractivity contribution is 7.93. The third-order valence-electron chi connectivity index (χ3n) is 3.71. The highest BCUT2D eigenvalue weighted by Gasteiger charge is 2.21. The lowest BCUT2D eigenvalue weighted by atomic mass is 10.3. The molecule has 29 heavy (non-hydrogen) atoms. The average molecular weight is 457 g/mol. The molecule has 0 radical (unpaired) electrons. The van der Waals surface area contributed by atoms with E-state index in [0.29, 0.717) is 5.02 Å². The first-order chi connectivity index (χ1) is 13.6. The molecule has 3 rings (SSSR count). The smallest absolute Gasteiger partial charge is 0.262 e. The van der Waals surface area contributed by atoms with Gasteiger partial charge in [-0.15, -0.1) is 0 Å². The molecule has 0 saturated heterocycles. The third kappa shape index (κ3) is 4.97. The van der Waals surface area contributed by atoms with E-state index in [2.05, 4.69) is 9.44 Å². The van der Waals surface area contributed by atoms with E-state index in [1.807, 2.05) is 0 Å². The number of phenols is 1. The molecular weight excluding hydrogens is 443 g/mol. The Morgan fingerprint density at radius 3 is 2.14 bits per heavy atom. The van der Waals surface area contributed by atoms with Crippen molar-refractivity contribution >= 4 is 43.0 Å². The molecule has 0 bridgehead atoms. The van der Waals surface area contributed by atoms with Gasteiger partial charge in [0.15, 0.2) is 0 Å². The summed E-state index contributed by atoms with van der Waals surface area (Å²) in [6.07, 6.45) is 0. The minimum Gasteiger partial charge on any atom is -0.506 e. The Labute approximate surface area is 171 Å². The molecule has 0 amide bonds. The summed E-state index contributed by atoms with van der Waals surface area (Å²) in [6.45, 7) is 0. The van der Waals surface area contributed by atoms with Crippen LogP contribution in [0.1, 0.15) is 0 Å². The van der Waals surface area contributed by atoms with Crippen LogP contribution in [0.3, 0.4) is 0 Å². The zero-order valence-electron chi connectivity index (χ0n) is 14.5. The molecule has 152 valence electrons. The summed E-state index contributed by atoms with van der Waals surface area (Å²) in [5.41, 5.74) is -0.185. The van der Waals surface area contributed by atoms with Gasteiger partial charge < -0.3 is 5.11 Å². The van der Waals surface area contributed by atoms with Crippen LogP contribution in [0.25, 0.3) is 0 Å². The number of anilines is 2. The lowest BCUT2D eigenvalue weighted by molar-refractivity contribution is 0.477. The number of halogens is 2. The van der Waals surface area contributed by atoms with Gasteiger partial charge in [-0.05, 0) is 54.6 Å². The van der Waals surface area contributed by atoms with Crippen LogP contribution < -0.4 is 9.44 Å². The van der Waals surface area contributed by atoms with Gasteiger partial charge in [-0.25, -0.2) is 21.2 Å². The summed E-state index contributed by atoms with van der Waals surface area (Å²) in [7, 11) is -8.38. The molecule has 3 aromatic carbocycles. The zero-order valence-corrected chi connectivity index (χ0v) is 16.9. The molecule has 3 aromatic rings. The molecule has 0 saturated carbocycles.